The lowest BCUT2D eigenvalue weighted by Crippen LogP contribution is -2.45. The minimum absolute atomic E-state index is 0.00766. The van der Waals surface area contributed by atoms with Gasteiger partial charge in [-0.05, 0) is 57.8 Å². The molecule has 0 fully saturated rings. The Morgan fingerprint density at radius 3 is 1.31 bits per heavy atom. The predicted octanol–water partition coefficient (Wildman–Crippen LogP) is 16.1. The van der Waals surface area contributed by atoms with Crippen LogP contribution in [0.3, 0.4) is 0 Å². The van der Waals surface area contributed by atoms with E-state index in [2.05, 4.69) is 43.5 Å². The summed E-state index contributed by atoms with van der Waals surface area (Å²) < 4.78 is 5.46. The minimum atomic E-state index is -0.845. The number of esters is 1. The van der Waals surface area contributed by atoms with Gasteiger partial charge in [0.2, 0.25) is 5.91 Å². The fraction of sp³-hybridized carbons (Fsp3) is 0.855. The highest BCUT2D eigenvalue weighted by Gasteiger charge is 2.18. The van der Waals surface area contributed by atoms with Gasteiger partial charge >= 0.3 is 5.97 Å². The van der Waals surface area contributed by atoms with E-state index in [4.69, 9.17) is 4.74 Å². The molecule has 0 aromatic heterocycles. The molecule has 0 spiro atoms. The first-order chi connectivity index (χ1) is 30.0. The lowest BCUT2D eigenvalue weighted by Gasteiger charge is -2.20. The Labute approximate surface area is 379 Å². The van der Waals surface area contributed by atoms with Crippen LogP contribution in [0.5, 0.6) is 0 Å². The van der Waals surface area contributed by atoms with Gasteiger partial charge in [-0.25, -0.2) is 0 Å². The number of hydrogen-bond donors (Lipinski definition) is 3. The molecule has 3 N–H and O–H groups in total. The molecule has 6 nitrogen and oxygen atoms in total. The molecular weight excluding hydrogens is 755 g/mol. The Morgan fingerprint density at radius 2 is 0.852 bits per heavy atom. The van der Waals surface area contributed by atoms with Gasteiger partial charge in [0, 0.05) is 12.8 Å². The first kappa shape index (κ1) is 59.1. The summed E-state index contributed by atoms with van der Waals surface area (Å²) in [6.45, 7) is 4.82. The zero-order chi connectivity index (χ0) is 44.4. The van der Waals surface area contributed by atoms with E-state index in [1.54, 1.807) is 6.08 Å². The lowest BCUT2D eigenvalue weighted by molar-refractivity contribution is -0.143. The maximum atomic E-state index is 12.4. The van der Waals surface area contributed by atoms with Crippen molar-refractivity contribution >= 4 is 11.9 Å². The monoisotopic (exact) mass is 858 g/mol. The number of amides is 1. The van der Waals surface area contributed by atoms with Gasteiger partial charge in [0.25, 0.3) is 0 Å². The third kappa shape index (κ3) is 47.4. The van der Waals surface area contributed by atoms with Crippen LogP contribution in [0.1, 0.15) is 277 Å². The first-order valence-corrected chi connectivity index (χ1v) is 26.8. The molecule has 0 bridgehead atoms. The van der Waals surface area contributed by atoms with Crippen LogP contribution in [0.25, 0.3) is 0 Å². The topological polar surface area (TPSA) is 95.9 Å². The van der Waals surface area contributed by atoms with Crippen molar-refractivity contribution < 1.29 is 24.5 Å². The van der Waals surface area contributed by atoms with Crippen LogP contribution < -0.4 is 5.32 Å². The molecule has 6 heteroatoms. The highest BCUT2D eigenvalue weighted by molar-refractivity contribution is 5.76. The molecule has 358 valence electrons. The number of hydrogen-bond acceptors (Lipinski definition) is 5. The van der Waals surface area contributed by atoms with Crippen LogP contribution >= 0.6 is 0 Å². The Hall–Kier alpha value is -1.92. The van der Waals surface area contributed by atoms with Gasteiger partial charge in [-0.3, -0.25) is 9.59 Å². The molecule has 0 saturated heterocycles. The average molecular weight is 858 g/mol. The van der Waals surface area contributed by atoms with Gasteiger partial charge in [-0.1, -0.05) is 243 Å². The summed E-state index contributed by atoms with van der Waals surface area (Å²) in [5.41, 5.74) is 0. The maximum Gasteiger partial charge on any atom is 0.305 e. The zero-order valence-electron chi connectivity index (χ0n) is 40.6. The van der Waals surface area contributed by atoms with E-state index in [1.165, 1.54) is 199 Å². The number of ether oxygens (including phenoxy) is 1. The van der Waals surface area contributed by atoms with Crippen molar-refractivity contribution in [2.75, 3.05) is 13.2 Å². The van der Waals surface area contributed by atoms with Crippen LogP contribution in [0.15, 0.2) is 36.5 Å². The molecule has 0 aliphatic rings. The van der Waals surface area contributed by atoms with Gasteiger partial charge in [0.05, 0.1) is 25.4 Å². The summed E-state index contributed by atoms with van der Waals surface area (Å²) >= 11 is 0. The zero-order valence-corrected chi connectivity index (χ0v) is 40.6. The van der Waals surface area contributed by atoms with Crippen LogP contribution in [-0.4, -0.2) is 47.4 Å². The summed E-state index contributed by atoms with van der Waals surface area (Å²) in [4.78, 5) is 24.4. The number of nitrogens with one attached hydrogen (secondary N) is 1. The van der Waals surface area contributed by atoms with E-state index in [9.17, 15) is 19.8 Å². The lowest BCUT2D eigenvalue weighted by atomic mass is 10.0. The summed E-state index contributed by atoms with van der Waals surface area (Å²) in [6.07, 6.45) is 61.5. The maximum absolute atomic E-state index is 12.4. The van der Waals surface area contributed by atoms with Crippen LogP contribution in [-0.2, 0) is 14.3 Å². The minimum Gasteiger partial charge on any atom is -0.466 e. The molecule has 2 unspecified atom stereocenters. The second kappa shape index (κ2) is 50.7. The van der Waals surface area contributed by atoms with Gasteiger partial charge in [-0.15, -0.1) is 0 Å². The highest BCUT2D eigenvalue weighted by atomic mass is 16.5. The molecular formula is C55H103NO5. The van der Waals surface area contributed by atoms with E-state index in [1.807, 2.05) is 6.08 Å². The summed E-state index contributed by atoms with van der Waals surface area (Å²) in [5.74, 6) is -0.0800. The number of aliphatic hydroxyl groups is 2. The van der Waals surface area contributed by atoms with E-state index >= 15 is 0 Å². The molecule has 0 aromatic carbocycles. The molecule has 2 atom stereocenters. The molecule has 0 radical (unpaired) electrons. The number of allylic oxidation sites excluding steroid dienone is 5. The number of rotatable bonds is 49. The smallest absolute Gasteiger partial charge is 0.305 e. The Balaban J connectivity index is 3.42. The van der Waals surface area contributed by atoms with Gasteiger partial charge in [-0.2, -0.15) is 0 Å². The molecule has 1 amide bonds. The standard InChI is InChI=1S/C55H103NO5/c1-3-5-7-9-11-13-15-24-29-33-37-41-45-49-55(60)61-50-46-42-38-34-30-26-23-21-19-17-18-20-22-25-28-32-36-40-44-48-54(59)56-52(51-57)53(58)47-43-39-35-31-27-16-14-12-10-8-6-4-2/h7,9,13,15,43,47,52-53,57-58H,3-6,8,10-12,14,16-42,44-46,48-51H2,1-2H3,(H,56,59)/b9-7-,15-13-,47-43+. The van der Waals surface area contributed by atoms with E-state index < -0.39 is 12.1 Å². The van der Waals surface area contributed by atoms with E-state index in [0.29, 0.717) is 19.4 Å². The first-order valence-electron chi connectivity index (χ1n) is 26.8. The average Bonchev–Trinajstić information content (AvgIpc) is 3.26. The SMILES string of the molecule is CCC/C=C\C/C=C\CCCCCCCC(=O)OCCCCCCCCCCCCCCCCCCCCCC(=O)NC(CO)C(O)/C=C/CCCCCCCCCCCC. The Morgan fingerprint density at radius 1 is 0.459 bits per heavy atom. The molecule has 61 heavy (non-hydrogen) atoms. The number of unbranched alkanes of at least 4 members (excludes halogenated alkanes) is 34. The normalized spacial score (nSPS) is 12.9. The quantitative estimate of drug-likeness (QED) is 0.0322. The Kier molecular flexibility index (Phi) is 49.1. The molecule has 0 aliphatic heterocycles. The van der Waals surface area contributed by atoms with Gasteiger partial charge in [0.1, 0.15) is 0 Å². The van der Waals surface area contributed by atoms with Crippen LogP contribution in [0, 0.1) is 0 Å². The third-order valence-corrected chi connectivity index (χ3v) is 12.1. The second-order valence-electron chi connectivity index (χ2n) is 18.2. The number of carbonyl (C=O) groups excluding carboxylic acids is 2. The summed E-state index contributed by atoms with van der Waals surface area (Å²) in [6, 6.07) is -0.629. The van der Waals surface area contributed by atoms with Crippen LogP contribution in [0.2, 0.25) is 0 Å². The molecule has 0 rings (SSSR count). The molecule has 0 heterocycles. The Bertz CT molecular complexity index is 993. The van der Waals surface area contributed by atoms with Crippen molar-refractivity contribution in [1.29, 1.82) is 0 Å². The van der Waals surface area contributed by atoms with Crippen molar-refractivity contribution in [2.24, 2.45) is 0 Å². The summed E-state index contributed by atoms with van der Waals surface area (Å²) in [7, 11) is 0. The summed E-state index contributed by atoms with van der Waals surface area (Å²) in [5, 5.41) is 23.0. The van der Waals surface area contributed by atoms with Crippen molar-refractivity contribution in [3.63, 3.8) is 0 Å². The molecule has 0 saturated carbocycles. The van der Waals surface area contributed by atoms with E-state index in [-0.39, 0.29) is 18.5 Å². The largest absolute Gasteiger partial charge is 0.466 e. The van der Waals surface area contributed by atoms with Crippen molar-refractivity contribution in [2.45, 2.75) is 289 Å². The van der Waals surface area contributed by atoms with Crippen molar-refractivity contribution in [3.05, 3.63) is 36.5 Å². The predicted molar refractivity (Wildman–Crippen MR) is 264 cm³/mol. The van der Waals surface area contributed by atoms with Gasteiger partial charge in [0.15, 0.2) is 0 Å². The highest BCUT2D eigenvalue weighted by Crippen LogP contribution is 2.16. The van der Waals surface area contributed by atoms with E-state index in [0.717, 1.165) is 51.4 Å². The third-order valence-electron chi connectivity index (χ3n) is 12.1. The van der Waals surface area contributed by atoms with Crippen molar-refractivity contribution in [1.82, 2.24) is 5.32 Å². The van der Waals surface area contributed by atoms with Crippen LogP contribution in [0.4, 0.5) is 0 Å². The number of carbonyl (C=O) groups is 2. The second-order valence-corrected chi connectivity index (χ2v) is 18.2. The molecule has 0 aromatic rings. The van der Waals surface area contributed by atoms with Crippen molar-refractivity contribution in [3.8, 4) is 0 Å². The number of aliphatic hydroxyl groups excluding tert-OH is 2. The fourth-order valence-corrected chi connectivity index (χ4v) is 8.02. The van der Waals surface area contributed by atoms with Gasteiger partial charge < -0.3 is 20.3 Å². The fourth-order valence-electron chi connectivity index (χ4n) is 8.02. The molecule has 0 aliphatic carbocycles.